The SMILES string of the molecule is Cn1nnc2c1NCC=C2. The summed E-state index contributed by atoms with van der Waals surface area (Å²) >= 11 is 0. The van der Waals surface area contributed by atoms with Crippen molar-refractivity contribution in [2.24, 2.45) is 7.05 Å². The van der Waals surface area contributed by atoms with Crippen molar-refractivity contribution in [3.8, 4) is 0 Å². The molecule has 1 N–H and O–H groups in total. The van der Waals surface area contributed by atoms with Gasteiger partial charge in [0.25, 0.3) is 0 Å². The molecule has 2 rings (SSSR count). The highest BCUT2D eigenvalue weighted by Crippen LogP contribution is 2.15. The summed E-state index contributed by atoms with van der Waals surface area (Å²) in [5, 5.41) is 10.9. The second-order valence-corrected chi connectivity index (χ2v) is 2.23. The molecule has 0 bridgehead atoms. The van der Waals surface area contributed by atoms with Crippen LogP contribution in [0.25, 0.3) is 6.08 Å². The Hall–Kier alpha value is -1.32. The molecule has 4 heteroatoms. The van der Waals surface area contributed by atoms with Crippen LogP contribution in [0.15, 0.2) is 6.08 Å². The lowest BCUT2D eigenvalue weighted by Crippen LogP contribution is -2.07. The van der Waals surface area contributed by atoms with Crippen molar-refractivity contribution in [2.45, 2.75) is 0 Å². The molecule has 1 aliphatic rings. The van der Waals surface area contributed by atoms with E-state index < -0.39 is 0 Å². The van der Waals surface area contributed by atoms with E-state index in [0.29, 0.717) is 0 Å². The third-order valence-electron chi connectivity index (χ3n) is 1.52. The normalized spacial score (nSPS) is 14.5. The Morgan fingerprint density at radius 2 is 2.60 bits per heavy atom. The number of nitrogens with zero attached hydrogens (tertiary/aromatic N) is 3. The van der Waals surface area contributed by atoms with E-state index >= 15 is 0 Å². The summed E-state index contributed by atoms with van der Waals surface area (Å²) < 4.78 is 1.73. The quantitative estimate of drug-likeness (QED) is 0.556. The van der Waals surface area contributed by atoms with Gasteiger partial charge in [0, 0.05) is 13.6 Å². The molecule has 1 aromatic rings. The molecule has 0 aromatic carbocycles. The molecule has 52 valence electrons. The van der Waals surface area contributed by atoms with Crippen LogP contribution in [0.4, 0.5) is 5.82 Å². The van der Waals surface area contributed by atoms with Gasteiger partial charge in [-0.1, -0.05) is 11.3 Å². The molecular formula is C6H8N4. The van der Waals surface area contributed by atoms with Gasteiger partial charge in [0.15, 0.2) is 5.82 Å². The number of aromatic nitrogens is 3. The smallest absolute Gasteiger partial charge is 0.152 e. The van der Waals surface area contributed by atoms with Gasteiger partial charge < -0.3 is 5.32 Å². The van der Waals surface area contributed by atoms with Crippen LogP contribution in [0.5, 0.6) is 0 Å². The average molecular weight is 136 g/mol. The number of rotatable bonds is 0. The monoisotopic (exact) mass is 136 g/mol. The minimum atomic E-state index is 0.869. The predicted molar refractivity (Wildman–Crippen MR) is 38.5 cm³/mol. The first-order chi connectivity index (χ1) is 4.88. The largest absolute Gasteiger partial charge is 0.365 e. The van der Waals surface area contributed by atoms with Crippen LogP contribution in [0.1, 0.15) is 5.69 Å². The summed E-state index contributed by atoms with van der Waals surface area (Å²) in [7, 11) is 1.87. The minimum Gasteiger partial charge on any atom is -0.365 e. The molecule has 1 aliphatic heterocycles. The number of aryl methyl sites for hydroxylation is 1. The van der Waals surface area contributed by atoms with E-state index in [9.17, 15) is 0 Å². The molecule has 0 spiro atoms. The van der Waals surface area contributed by atoms with Gasteiger partial charge in [-0.2, -0.15) is 0 Å². The summed E-state index contributed by atoms with van der Waals surface area (Å²) in [6.45, 7) is 0.869. The maximum atomic E-state index is 3.92. The topological polar surface area (TPSA) is 42.7 Å². The fraction of sp³-hybridized carbons (Fsp3) is 0.333. The first-order valence-electron chi connectivity index (χ1n) is 3.18. The molecule has 2 heterocycles. The van der Waals surface area contributed by atoms with Crippen molar-refractivity contribution < 1.29 is 0 Å². The maximum absolute atomic E-state index is 3.92. The van der Waals surface area contributed by atoms with Gasteiger partial charge in [-0.25, -0.2) is 4.68 Å². The summed E-state index contributed by atoms with van der Waals surface area (Å²) in [6, 6.07) is 0. The lowest BCUT2D eigenvalue weighted by atomic mass is 10.3. The third kappa shape index (κ3) is 0.618. The summed E-state index contributed by atoms with van der Waals surface area (Å²) in [6.07, 6.45) is 4.00. The lowest BCUT2D eigenvalue weighted by molar-refractivity contribution is 0.719. The second-order valence-electron chi connectivity index (χ2n) is 2.23. The van der Waals surface area contributed by atoms with Crippen LogP contribution in [0.2, 0.25) is 0 Å². The molecule has 1 aromatic heterocycles. The van der Waals surface area contributed by atoms with Crippen LogP contribution in [-0.4, -0.2) is 21.5 Å². The number of fused-ring (bicyclic) bond motifs is 1. The van der Waals surface area contributed by atoms with Gasteiger partial charge in [-0.15, -0.1) is 5.10 Å². The van der Waals surface area contributed by atoms with E-state index in [4.69, 9.17) is 0 Å². The Bertz CT molecular complexity index is 273. The van der Waals surface area contributed by atoms with Crippen molar-refractivity contribution in [3.05, 3.63) is 11.8 Å². The molecule has 4 nitrogen and oxygen atoms in total. The highest BCUT2D eigenvalue weighted by atomic mass is 15.4. The summed E-state index contributed by atoms with van der Waals surface area (Å²) in [4.78, 5) is 0. The van der Waals surface area contributed by atoms with Gasteiger partial charge in [-0.3, -0.25) is 0 Å². The molecule has 0 atom stereocenters. The fourth-order valence-electron chi connectivity index (χ4n) is 1.02. The van der Waals surface area contributed by atoms with Crippen LogP contribution in [0, 0.1) is 0 Å². The van der Waals surface area contributed by atoms with E-state index in [-0.39, 0.29) is 0 Å². The van der Waals surface area contributed by atoms with Crippen LogP contribution < -0.4 is 5.32 Å². The Morgan fingerprint density at radius 3 is 3.40 bits per heavy atom. The van der Waals surface area contributed by atoms with Crippen LogP contribution >= 0.6 is 0 Å². The van der Waals surface area contributed by atoms with Crippen LogP contribution in [0.3, 0.4) is 0 Å². The zero-order valence-corrected chi connectivity index (χ0v) is 5.70. The van der Waals surface area contributed by atoms with Gasteiger partial charge >= 0.3 is 0 Å². The molecule has 0 fully saturated rings. The van der Waals surface area contributed by atoms with Gasteiger partial charge in [-0.05, 0) is 6.08 Å². The number of anilines is 1. The molecule has 0 saturated heterocycles. The minimum absolute atomic E-state index is 0.869. The van der Waals surface area contributed by atoms with E-state index in [1.165, 1.54) is 0 Å². The van der Waals surface area contributed by atoms with E-state index in [0.717, 1.165) is 18.1 Å². The van der Waals surface area contributed by atoms with Crippen molar-refractivity contribution >= 4 is 11.9 Å². The van der Waals surface area contributed by atoms with E-state index in [1.807, 2.05) is 19.2 Å². The van der Waals surface area contributed by atoms with Crippen molar-refractivity contribution in [2.75, 3.05) is 11.9 Å². The Labute approximate surface area is 58.5 Å². The second kappa shape index (κ2) is 1.83. The molecule has 0 aliphatic carbocycles. The highest BCUT2D eigenvalue weighted by molar-refractivity contribution is 5.62. The lowest BCUT2D eigenvalue weighted by Gasteiger charge is -2.06. The highest BCUT2D eigenvalue weighted by Gasteiger charge is 2.08. The standard InChI is InChI=1S/C6H8N4/c1-10-6-5(8-9-10)3-2-4-7-6/h2-3,7H,4H2,1H3. The maximum Gasteiger partial charge on any atom is 0.152 e. The van der Waals surface area contributed by atoms with Gasteiger partial charge in [0.2, 0.25) is 0 Å². The molecule has 10 heavy (non-hydrogen) atoms. The first-order valence-corrected chi connectivity index (χ1v) is 3.18. The van der Waals surface area contributed by atoms with Crippen LogP contribution in [-0.2, 0) is 7.05 Å². The first kappa shape index (κ1) is 5.46. The number of hydrogen-bond acceptors (Lipinski definition) is 3. The Morgan fingerprint density at radius 1 is 1.70 bits per heavy atom. The van der Waals surface area contributed by atoms with Gasteiger partial charge in [0.1, 0.15) is 5.69 Å². The van der Waals surface area contributed by atoms with Crippen molar-refractivity contribution in [1.29, 1.82) is 0 Å². The van der Waals surface area contributed by atoms with Gasteiger partial charge in [0.05, 0.1) is 0 Å². The van der Waals surface area contributed by atoms with Crippen molar-refractivity contribution in [3.63, 3.8) is 0 Å². The predicted octanol–water partition coefficient (Wildman–Crippen LogP) is 0.254. The molecule has 0 unspecified atom stereocenters. The molecule has 0 radical (unpaired) electrons. The number of nitrogens with one attached hydrogen (secondary N) is 1. The summed E-state index contributed by atoms with van der Waals surface area (Å²) in [5.41, 5.74) is 0.925. The number of hydrogen-bond donors (Lipinski definition) is 1. The van der Waals surface area contributed by atoms with E-state index in [1.54, 1.807) is 4.68 Å². The average Bonchev–Trinajstić information content (AvgIpc) is 2.34. The molecule has 0 saturated carbocycles. The zero-order chi connectivity index (χ0) is 6.97. The fourth-order valence-corrected chi connectivity index (χ4v) is 1.02. The van der Waals surface area contributed by atoms with Crippen molar-refractivity contribution in [1.82, 2.24) is 15.0 Å². The Kier molecular flexibility index (Phi) is 1.00. The van der Waals surface area contributed by atoms with E-state index in [2.05, 4.69) is 15.6 Å². The molecule has 0 amide bonds. The zero-order valence-electron chi connectivity index (χ0n) is 5.70. The molecular weight excluding hydrogens is 128 g/mol. The third-order valence-corrected chi connectivity index (χ3v) is 1.52. The Balaban J connectivity index is 2.57. The summed E-state index contributed by atoms with van der Waals surface area (Å²) in [5.74, 6) is 1.00.